The maximum atomic E-state index is 13.8. The summed E-state index contributed by atoms with van der Waals surface area (Å²) in [6.45, 7) is 0. The minimum absolute atomic E-state index is 0.177. The van der Waals surface area contributed by atoms with Crippen molar-refractivity contribution in [2.75, 3.05) is 9.96 Å². The number of imide groups is 1. The number of hydrogen-bond acceptors (Lipinski definition) is 6. The van der Waals surface area contributed by atoms with E-state index in [2.05, 4.69) is 0 Å². The predicted octanol–water partition coefficient (Wildman–Crippen LogP) is 5.26. The second-order valence-corrected chi connectivity index (χ2v) is 10.1. The normalized spacial score (nSPS) is 21.3. The van der Waals surface area contributed by atoms with Crippen LogP contribution in [0.15, 0.2) is 89.7 Å². The van der Waals surface area contributed by atoms with Gasteiger partial charge >= 0.3 is 4.87 Å². The van der Waals surface area contributed by atoms with E-state index in [4.69, 9.17) is 28.0 Å². The van der Waals surface area contributed by atoms with Gasteiger partial charge in [0.1, 0.15) is 17.1 Å². The Hall–Kier alpha value is -3.43. The summed E-state index contributed by atoms with van der Waals surface area (Å²) in [4.78, 5) is 47.7. The Labute approximate surface area is 219 Å². The van der Waals surface area contributed by atoms with E-state index >= 15 is 0 Å². The highest BCUT2D eigenvalue weighted by Crippen LogP contribution is 2.50. The Morgan fingerprint density at radius 1 is 0.722 bits per heavy atom. The van der Waals surface area contributed by atoms with Gasteiger partial charge < -0.3 is 0 Å². The number of thiazole rings is 1. The van der Waals surface area contributed by atoms with E-state index in [0.717, 1.165) is 16.2 Å². The van der Waals surface area contributed by atoms with E-state index in [9.17, 15) is 14.4 Å². The minimum Gasteiger partial charge on any atom is -0.273 e. The molecule has 0 N–H and O–H groups in total. The van der Waals surface area contributed by atoms with Gasteiger partial charge in [-0.3, -0.25) is 23.8 Å². The fourth-order valence-corrected chi connectivity index (χ4v) is 6.27. The number of rotatable bonds is 4. The quantitative estimate of drug-likeness (QED) is 0.332. The monoisotopic (exact) mass is 537 g/mol. The molecule has 0 saturated carbocycles. The lowest BCUT2D eigenvalue weighted by Gasteiger charge is -2.28. The van der Waals surface area contributed by atoms with Crippen molar-refractivity contribution in [1.29, 1.82) is 0 Å². The van der Waals surface area contributed by atoms with E-state index in [0.29, 0.717) is 27.0 Å². The van der Waals surface area contributed by atoms with Crippen molar-refractivity contribution in [1.82, 2.24) is 4.57 Å². The summed E-state index contributed by atoms with van der Waals surface area (Å²) in [5.41, 5.74) is 1.64. The molecular formula is C26H17Cl2N3O4S. The molecule has 7 nitrogen and oxygen atoms in total. The van der Waals surface area contributed by atoms with E-state index < -0.39 is 29.9 Å². The van der Waals surface area contributed by atoms with Gasteiger partial charge in [0.05, 0.1) is 21.9 Å². The van der Waals surface area contributed by atoms with Gasteiger partial charge in [0.25, 0.3) is 5.91 Å². The Bertz CT molecular complexity index is 1520. The zero-order chi connectivity index (χ0) is 25.0. The molecule has 4 aromatic rings. The number of amides is 2. The highest BCUT2D eigenvalue weighted by atomic mass is 35.5. The summed E-state index contributed by atoms with van der Waals surface area (Å²) >= 11 is 13.7. The lowest BCUT2D eigenvalue weighted by atomic mass is 9.95. The van der Waals surface area contributed by atoms with Crippen LogP contribution in [0.2, 0.25) is 10.2 Å². The van der Waals surface area contributed by atoms with Gasteiger partial charge in [-0.15, -0.1) is 0 Å². The molecule has 0 radical (unpaired) electrons. The molecule has 180 valence electrons. The summed E-state index contributed by atoms with van der Waals surface area (Å²) in [6, 6.07) is 23.8. The van der Waals surface area contributed by atoms with Crippen LogP contribution in [0, 0.1) is 5.92 Å². The first-order valence-corrected chi connectivity index (χ1v) is 12.6. The molecule has 36 heavy (non-hydrogen) atoms. The third-order valence-corrected chi connectivity index (χ3v) is 8.02. The second kappa shape index (κ2) is 8.90. The van der Waals surface area contributed by atoms with Crippen molar-refractivity contribution in [3.05, 3.63) is 110 Å². The largest absolute Gasteiger partial charge is 0.313 e. The smallest absolute Gasteiger partial charge is 0.273 e. The summed E-state index contributed by atoms with van der Waals surface area (Å²) in [5, 5.41) is 2.19. The topological polar surface area (TPSA) is 71.8 Å². The molecule has 1 aromatic heterocycles. The number of nitrogens with zero attached hydrogens (tertiary/aromatic N) is 3. The number of halogens is 2. The van der Waals surface area contributed by atoms with Gasteiger partial charge in [0.15, 0.2) is 6.10 Å². The van der Waals surface area contributed by atoms with Gasteiger partial charge in [-0.05, 0) is 48.5 Å². The average Bonchev–Trinajstić information content (AvgIpc) is 3.50. The van der Waals surface area contributed by atoms with Crippen molar-refractivity contribution in [3.8, 4) is 5.69 Å². The standard InChI is InChI=1S/C26H17Cl2N3O4S/c27-15-11-13-17(14-12-15)30-24(32)19-20(31(35-21(19)25(30)33)18-9-5-2-6-10-18)22-23(28)29(26(34)36-22)16-7-3-1-4-8-16/h1-14,19-21H/t19-,20+,21-/m0/s1. The van der Waals surface area contributed by atoms with Gasteiger partial charge in [-0.1, -0.05) is 70.9 Å². The number of aromatic nitrogens is 1. The number of carbonyl (C=O) groups excluding carboxylic acids is 2. The third kappa shape index (κ3) is 3.57. The zero-order valence-electron chi connectivity index (χ0n) is 18.5. The Morgan fingerprint density at radius 3 is 1.97 bits per heavy atom. The molecule has 2 saturated heterocycles. The van der Waals surface area contributed by atoms with Crippen molar-refractivity contribution in [3.63, 3.8) is 0 Å². The lowest BCUT2D eigenvalue weighted by Crippen LogP contribution is -2.37. The molecule has 3 atom stereocenters. The van der Waals surface area contributed by atoms with E-state index in [1.807, 2.05) is 48.5 Å². The first kappa shape index (κ1) is 23.0. The van der Waals surface area contributed by atoms with Crippen LogP contribution in [0.3, 0.4) is 0 Å². The van der Waals surface area contributed by atoms with Crippen molar-refractivity contribution in [2.24, 2.45) is 5.92 Å². The van der Waals surface area contributed by atoms with Crippen LogP contribution in [-0.2, 0) is 14.4 Å². The number of fused-ring (bicyclic) bond motifs is 1. The van der Waals surface area contributed by atoms with Crippen LogP contribution in [0.25, 0.3) is 5.69 Å². The van der Waals surface area contributed by atoms with Crippen molar-refractivity contribution in [2.45, 2.75) is 12.1 Å². The van der Waals surface area contributed by atoms with Crippen molar-refractivity contribution >= 4 is 57.7 Å². The molecule has 6 rings (SSSR count). The number of hydrogen-bond donors (Lipinski definition) is 0. The number of carbonyl (C=O) groups is 2. The van der Waals surface area contributed by atoms with Crippen LogP contribution in [-0.4, -0.2) is 22.5 Å². The van der Waals surface area contributed by atoms with Crippen LogP contribution in [0.4, 0.5) is 11.4 Å². The van der Waals surface area contributed by atoms with E-state index in [-0.39, 0.29) is 10.0 Å². The fourth-order valence-electron chi connectivity index (χ4n) is 4.67. The highest BCUT2D eigenvalue weighted by molar-refractivity contribution is 7.10. The van der Waals surface area contributed by atoms with Crippen LogP contribution >= 0.6 is 34.5 Å². The molecule has 0 aliphatic carbocycles. The van der Waals surface area contributed by atoms with Gasteiger partial charge in [-0.25, -0.2) is 9.96 Å². The molecular weight excluding hydrogens is 521 g/mol. The minimum atomic E-state index is -1.07. The summed E-state index contributed by atoms with van der Waals surface area (Å²) in [6.07, 6.45) is -1.07. The van der Waals surface area contributed by atoms with Gasteiger partial charge in [0.2, 0.25) is 5.91 Å². The van der Waals surface area contributed by atoms with Gasteiger partial charge in [-0.2, -0.15) is 0 Å². The van der Waals surface area contributed by atoms with E-state index in [1.54, 1.807) is 36.4 Å². The zero-order valence-corrected chi connectivity index (χ0v) is 20.8. The molecule has 10 heteroatoms. The molecule has 0 bridgehead atoms. The second-order valence-electron chi connectivity index (χ2n) is 8.34. The summed E-state index contributed by atoms with van der Waals surface area (Å²) < 4.78 is 1.40. The molecule has 2 aliphatic rings. The summed E-state index contributed by atoms with van der Waals surface area (Å²) in [5.74, 6) is -1.83. The molecule has 2 aliphatic heterocycles. The van der Waals surface area contributed by atoms with Crippen LogP contribution < -0.4 is 14.8 Å². The number of hydroxylamine groups is 1. The lowest BCUT2D eigenvalue weighted by molar-refractivity contribution is -0.126. The Morgan fingerprint density at radius 2 is 1.33 bits per heavy atom. The maximum Gasteiger partial charge on any atom is 0.313 e. The number of anilines is 2. The first-order valence-electron chi connectivity index (χ1n) is 11.1. The molecule has 3 heterocycles. The predicted molar refractivity (Wildman–Crippen MR) is 139 cm³/mol. The molecule has 0 spiro atoms. The Balaban J connectivity index is 1.48. The highest BCUT2D eigenvalue weighted by Gasteiger charge is 2.61. The maximum absolute atomic E-state index is 13.8. The van der Waals surface area contributed by atoms with E-state index in [1.165, 1.54) is 9.63 Å². The average molecular weight is 538 g/mol. The summed E-state index contributed by atoms with van der Waals surface area (Å²) in [7, 11) is 0. The number of para-hydroxylation sites is 2. The van der Waals surface area contributed by atoms with Crippen LogP contribution in [0.5, 0.6) is 0 Å². The van der Waals surface area contributed by atoms with Gasteiger partial charge in [0, 0.05) is 5.02 Å². The number of benzene rings is 3. The van der Waals surface area contributed by atoms with Crippen molar-refractivity contribution < 1.29 is 14.4 Å². The SMILES string of the molecule is O=C1[C@@H]2[C@H](ON(c3ccccc3)[C@H]2c2sc(=O)n(-c3ccccc3)c2Cl)C(=O)N1c1ccc(Cl)cc1. The van der Waals surface area contributed by atoms with Crippen LogP contribution in [0.1, 0.15) is 10.9 Å². The molecule has 0 unspecified atom stereocenters. The molecule has 2 amide bonds. The first-order chi connectivity index (χ1) is 17.5. The third-order valence-electron chi connectivity index (χ3n) is 6.27. The molecule has 2 fully saturated rings. The molecule has 3 aromatic carbocycles. The fraction of sp³-hybridized carbons (Fsp3) is 0.115. The Kier molecular flexibility index (Phi) is 5.69.